The maximum atomic E-state index is 3.19. The summed E-state index contributed by atoms with van der Waals surface area (Å²) < 4.78 is 0. The summed E-state index contributed by atoms with van der Waals surface area (Å²) in [5, 5.41) is 6.39. The van der Waals surface area contributed by atoms with E-state index in [2.05, 4.69) is 63.1 Å². The lowest BCUT2D eigenvalue weighted by atomic mass is 10.2. The summed E-state index contributed by atoms with van der Waals surface area (Å²) in [6.07, 6.45) is 17.9. The van der Waals surface area contributed by atoms with Gasteiger partial charge >= 0.3 is 0 Å². The van der Waals surface area contributed by atoms with Crippen molar-refractivity contribution in [2.24, 2.45) is 5.92 Å². The molecule has 7 nitrogen and oxygen atoms in total. The smallest absolute Gasteiger partial charge is 0.0110 e. The lowest BCUT2D eigenvalue weighted by Gasteiger charge is -2.22. The Hall–Kier alpha value is -0.280. The van der Waals surface area contributed by atoms with E-state index in [0.29, 0.717) is 0 Å². The van der Waals surface area contributed by atoms with E-state index >= 15 is 0 Å². The van der Waals surface area contributed by atoms with Gasteiger partial charge in [-0.1, -0.05) is 26.7 Å². The van der Waals surface area contributed by atoms with E-state index in [4.69, 9.17) is 0 Å². The summed E-state index contributed by atoms with van der Waals surface area (Å²) in [5.41, 5.74) is 0. The molecule has 0 atom stereocenters. The van der Waals surface area contributed by atoms with Crippen LogP contribution in [0.5, 0.6) is 0 Å². The molecule has 2 N–H and O–H groups in total. The molecule has 252 valence electrons. The predicted molar refractivity (Wildman–Crippen MR) is 187 cm³/mol. The zero-order valence-electron chi connectivity index (χ0n) is 29.6. The third-order valence-electron chi connectivity index (χ3n) is 9.13. The van der Waals surface area contributed by atoms with Gasteiger partial charge in [-0.15, -0.1) is 0 Å². The normalized spacial score (nSPS) is 15.3. The van der Waals surface area contributed by atoms with Crippen molar-refractivity contribution in [1.82, 2.24) is 35.1 Å². The molecule has 1 saturated heterocycles. The molecule has 2 rings (SSSR count). The van der Waals surface area contributed by atoms with Gasteiger partial charge in [0.25, 0.3) is 0 Å². The lowest BCUT2D eigenvalue weighted by Crippen LogP contribution is -2.28. The van der Waals surface area contributed by atoms with Crippen LogP contribution in [0, 0.1) is 5.92 Å². The van der Waals surface area contributed by atoms with Gasteiger partial charge in [-0.3, -0.25) is 0 Å². The molecule has 1 aliphatic heterocycles. The number of hydrogen-bond donors (Lipinski definition) is 2. The van der Waals surface area contributed by atoms with E-state index < -0.39 is 0 Å². The van der Waals surface area contributed by atoms with Crippen LogP contribution in [0.25, 0.3) is 0 Å². The van der Waals surface area contributed by atoms with Crippen LogP contribution in [-0.2, 0) is 0 Å². The zero-order chi connectivity index (χ0) is 30.7. The van der Waals surface area contributed by atoms with E-state index in [-0.39, 0.29) is 0 Å². The SMILES string of the molecule is CCN(CCCCN(C)CCCC1CC1)CCCCN(C)CCCN1CC1.CCN(CCCCNC)CCCCNC. The summed E-state index contributed by atoms with van der Waals surface area (Å²) in [4.78, 5) is 12.8. The van der Waals surface area contributed by atoms with Gasteiger partial charge in [0, 0.05) is 13.1 Å². The van der Waals surface area contributed by atoms with Gasteiger partial charge in [0.05, 0.1) is 0 Å². The maximum Gasteiger partial charge on any atom is 0.0110 e. The summed E-state index contributed by atoms with van der Waals surface area (Å²) in [7, 11) is 8.65. The highest BCUT2D eigenvalue weighted by Crippen LogP contribution is 2.33. The van der Waals surface area contributed by atoms with E-state index in [9.17, 15) is 0 Å². The van der Waals surface area contributed by atoms with Crippen molar-refractivity contribution >= 4 is 0 Å². The van der Waals surface area contributed by atoms with Crippen molar-refractivity contribution in [3.8, 4) is 0 Å². The quantitative estimate of drug-likeness (QED) is 0.0901. The molecule has 0 unspecified atom stereocenters. The van der Waals surface area contributed by atoms with Crippen LogP contribution in [0.4, 0.5) is 0 Å². The predicted octanol–water partition coefficient (Wildman–Crippen LogP) is 4.94. The molecule has 1 aliphatic carbocycles. The maximum absolute atomic E-state index is 3.19. The zero-order valence-corrected chi connectivity index (χ0v) is 29.6. The van der Waals surface area contributed by atoms with E-state index in [0.717, 1.165) is 19.0 Å². The fraction of sp³-hybridized carbons (Fsp3) is 1.00. The van der Waals surface area contributed by atoms with Crippen LogP contribution >= 0.6 is 0 Å². The molecule has 0 bridgehead atoms. The Morgan fingerprint density at radius 2 is 0.952 bits per heavy atom. The first-order valence-electron chi connectivity index (χ1n) is 18.4. The molecular formula is C35H77N7. The topological polar surface area (TPSA) is 40.0 Å². The second-order valence-electron chi connectivity index (χ2n) is 13.3. The highest BCUT2D eigenvalue weighted by molar-refractivity contribution is 4.73. The summed E-state index contributed by atoms with van der Waals surface area (Å²) in [6, 6.07) is 0. The summed E-state index contributed by atoms with van der Waals surface area (Å²) in [6.45, 7) is 23.5. The number of nitrogens with one attached hydrogen (secondary N) is 2. The highest BCUT2D eigenvalue weighted by Gasteiger charge is 2.20. The minimum Gasteiger partial charge on any atom is -0.320 e. The van der Waals surface area contributed by atoms with Crippen molar-refractivity contribution in [2.45, 2.75) is 97.3 Å². The van der Waals surface area contributed by atoms with Crippen LogP contribution in [0.15, 0.2) is 0 Å². The first-order valence-corrected chi connectivity index (χ1v) is 18.4. The first kappa shape index (κ1) is 39.7. The Kier molecular flexibility index (Phi) is 26.7. The molecule has 1 heterocycles. The number of rotatable bonds is 30. The number of nitrogens with zero attached hydrogens (tertiary/aromatic N) is 5. The summed E-state index contributed by atoms with van der Waals surface area (Å²) in [5.74, 6) is 1.09. The molecule has 2 fully saturated rings. The molecule has 7 heteroatoms. The van der Waals surface area contributed by atoms with Crippen molar-refractivity contribution in [3.05, 3.63) is 0 Å². The fourth-order valence-electron chi connectivity index (χ4n) is 5.70. The molecular weight excluding hydrogens is 518 g/mol. The van der Waals surface area contributed by atoms with Crippen molar-refractivity contribution in [2.75, 3.05) is 126 Å². The van der Waals surface area contributed by atoms with E-state index in [1.54, 1.807) is 0 Å². The average Bonchev–Trinajstić information content (AvgIpc) is 3.93. The Balaban J connectivity index is 0.000000501. The second-order valence-corrected chi connectivity index (χ2v) is 13.3. The molecule has 1 saturated carbocycles. The Labute approximate surface area is 264 Å². The largest absolute Gasteiger partial charge is 0.320 e. The Morgan fingerprint density at radius 3 is 1.36 bits per heavy atom. The molecule has 0 radical (unpaired) electrons. The van der Waals surface area contributed by atoms with Crippen molar-refractivity contribution < 1.29 is 0 Å². The van der Waals surface area contributed by atoms with Crippen LogP contribution < -0.4 is 10.6 Å². The van der Waals surface area contributed by atoms with E-state index in [1.165, 1.54) is 169 Å². The molecule has 2 aliphatic rings. The third kappa shape index (κ3) is 26.2. The lowest BCUT2D eigenvalue weighted by molar-refractivity contribution is 0.251. The van der Waals surface area contributed by atoms with E-state index in [1.807, 2.05) is 14.1 Å². The second kappa shape index (κ2) is 28.2. The molecule has 0 aromatic carbocycles. The van der Waals surface area contributed by atoms with Crippen LogP contribution in [0.1, 0.15) is 97.3 Å². The van der Waals surface area contributed by atoms with Gasteiger partial charge in [0.2, 0.25) is 0 Å². The fourth-order valence-corrected chi connectivity index (χ4v) is 5.70. The minimum atomic E-state index is 1.09. The standard InChI is InChI=1S/C23H48N4.C12H29N3/c1-4-26(18-7-5-14-24(2)16-9-11-23-12-13-23)19-8-6-15-25(3)17-10-20-27-21-22-27;1-4-15(11-7-5-9-13-2)12-8-6-10-14-3/h23H,4-22H2,1-3H3;13-14H,4-12H2,1-3H3. The number of hydrogen-bond acceptors (Lipinski definition) is 7. The van der Waals surface area contributed by atoms with Gasteiger partial charge in [-0.2, -0.15) is 0 Å². The van der Waals surface area contributed by atoms with Crippen molar-refractivity contribution in [1.29, 1.82) is 0 Å². The monoisotopic (exact) mass is 596 g/mol. The average molecular weight is 596 g/mol. The molecule has 0 spiro atoms. The van der Waals surface area contributed by atoms with Gasteiger partial charge in [-0.25, -0.2) is 0 Å². The molecule has 0 aromatic rings. The first-order chi connectivity index (χ1) is 20.5. The van der Waals surface area contributed by atoms with Crippen LogP contribution in [0.3, 0.4) is 0 Å². The third-order valence-corrected chi connectivity index (χ3v) is 9.13. The summed E-state index contributed by atoms with van der Waals surface area (Å²) >= 11 is 0. The van der Waals surface area contributed by atoms with Crippen molar-refractivity contribution in [3.63, 3.8) is 0 Å². The van der Waals surface area contributed by atoms with Gasteiger partial charge in [0.15, 0.2) is 0 Å². The Morgan fingerprint density at radius 1 is 0.548 bits per heavy atom. The molecule has 42 heavy (non-hydrogen) atoms. The van der Waals surface area contributed by atoms with Gasteiger partial charge in [-0.05, 0) is 190 Å². The van der Waals surface area contributed by atoms with Crippen LogP contribution in [-0.4, -0.2) is 151 Å². The molecule has 0 aromatic heterocycles. The number of unbranched alkanes of at least 4 members (excludes halogenated alkanes) is 4. The minimum absolute atomic E-state index is 1.09. The highest BCUT2D eigenvalue weighted by atomic mass is 15.3. The van der Waals surface area contributed by atoms with Gasteiger partial charge in [0.1, 0.15) is 0 Å². The van der Waals surface area contributed by atoms with Crippen LogP contribution in [0.2, 0.25) is 0 Å². The van der Waals surface area contributed by atoms with Gasteiger partial charge < -0.3 is 35.1 Å². The Bertz CT molecular complexity index is 511. The molecule has 0 amide bonds.